The zero-order valence-electron chi connectivity index (χ0n) is 22.3. The molecule has 0 atom stereocenters. The molecule has 39 heavy (non-hydrogen) atoms. The predicted molar refractivity (Wildman–Crippen MR) is 158 cm³/mol. The fraction of sp³-hybridized carbons (Fsp3) is 0.229. The average Bonchev–Trinajstić information content (AvgIpc) is 2.99. The average molecular weight is 517 g/mol. The lowest BCUT2D eigenvalue weighted by Gasteiger charge is -2.31. The van der Waals surface area contributed by atoms with Crippen LogP contribution in [0.3, 0.4) is 0 Å². The summed E-state index contributed by atoms with van der Waals surface area (Å²) in [6.07, 6.45) is 7.51. The second-order valence-electron chi connectivity index (χ2n) is 10.1. The van der Waals surface area contributed by atoms with Crippen LogP contribution in [0.5, 0.6) is 11.5 Å². The number of hydrogen-bond acceptors (Lipinski definition) is 3. The topological polar surface area (TPSA) is 41.6 Å². The zero-order valence-corrected chi connectivity index (χ0v) is 22.3. The van der Waals surface area contributed by atoms with Crippen LogP contribution in [0.4, 0.5) is 0 Å². The van der Waals surface area contributed by atoms with Crippen LogP contribution in [0.15, 0.2) is 127 Å². The molecule has 4 aromatic rings. The number of likely N-dealkylation sites (tertiary alicyclic amines) is 1. The molecule has 0 saturated carbocycles. The van der Waals surface area contributed by atoms with E-state index in [4.69, 9.17) is 4.74 Å². The second kappa shape index (κ2) is 13.6. The number of para-hydroxylation sites is 1. The highest BCUT2D eigenvalue weighted by Crippen LogP contribution is 2.28. The van der Waals surface area contributed by atoms with Crippen LogP contribution in [0.1, 0.15) is 46.7 Å². The summed E-state index contributed by atoms with van der Waals surface area (Å²) >= 11 is 0. The molecule has 0 radical (unpaired) electrons. The molecule has 4 aromatic carbocycles. The Morgan fingerprint density at radius 3 is 2.00 bits per heavy atom. The summed E-state index contributed by atoms with van der Waals surface area (Å²) in [5, 5.41) is 3.23. The van der Waals surface area contributed by atoms with Crippen molar-refractivity contribution in [1.29, 1.82) is 0 Å². The molecule has 1 amide bonds. The number of carbonyl (C=O) groups is 1. The monoisotopic (exact) mass is 516 g/mol. The maximum absolute atomic E-state index is 12.9. The van der Waals surface area contributed by atoms with E-state index >= 15 is 0 Å². The first-order valence-corrected chi connectivity index (χ1v) is 13.9. The highest BCUT2D eigenvalue weighted by atomic mass is 16.5. The number of nitrogens with one attached hydrogen (secondary N) is 1. The van der Waals surface area contributed by atoms with E-state index in [9.17, 15) is 4.79 Å². The molecular formula is C35H36N2O2. The maximum Gasteiger partial charge on any atom is 0.251 e. The lowest BCUT2D eigenvalue weighted by atomic mass is 9.88. The second-order valence-corrected chi connectivity index (χ2v) is 10.1. The molecule has 0 bridgehead atoms. The number of amides is 1. The number of piperidine rings is 1. The van der Waals surface area contributed by atoms with Gasteiger partial charge in [-0.25, -0.2) is 0 Å². The number of ether oxygens (including phenoxy) is 1. The molecule has 5 rings (SSSR count). The molecule has 1 aliphatic heterocycles. The van der Waals surface area contributed by atoms with Crippen molar-refractivity contribution in [2.45, 2.75) is 31.2 Å². The molecule has 4 nitrogen and oxygen atoms in total. The molecule has 1 heterocycles. The van der Waals surface area contributed by atoms with Crippen molar-refractivity contribution in [3.05, 3.63) is 144 Å². The molecule has 1 saturated heterocycles. The van der Waals surface area contributed by atoms with Gasteiger partial charge < -0.3 is 10.1 Å². The van der Waals surface area contributed by atoms with Gasteiger partial charge >= 0.3 is 0 Å². The number of hydrogen-bond donors (Lipinski definition) is 1. The Labute approximate surface area is 232 Å². The van der Waals surface area contributed by atoms with Gasteiger partial charge in [0.2, 0.25) is 0 Å². The third-order valence-electron chi connectivity index (χ3n) is 7.30. The smallest absolute Gasteiger partial charge is 0.251 e. The van der Waals surface area contributed by atoms with Gasteiger partial charge in [-0.3, -0.25) is 9.69 Å². The highest BCUT2D eigenvalue weighted by Gasteiger charge is 2.21. The quantitative estimate of drug-likeness (QED) is 0.223. The van der Waals surface area contributed by atoms with Crippen LogP contribution in [0.2, 0.25) is 0 Å². The minimum Gasteiger partial charge on any atom is -0.457 e. The molecule has 1 fully saturated rings. The van der Waals surface area contributed by atoms with Crippen LogP contribution in [-0.2, 0) is 0 Å². The van der Waals surface area contributed by atoms with Crippen molar-refractivity contribution < 1.29 is 9.53 Å². The molecule has 0 unspecified atom stereocenters. The molecule has 1 aliphatic rings. The van der Waals surface area contributed by atoms with Crippen molar-refractivity contribution in [3.63, 3.8) is 0 Å². The SMILES string of the molecule is O=C(NC1CCN(C/C=C\CC(c2ccccc2)c2ccccc2)CC1)c1cccc(Oc2ccccc2)c1. The Bertz CT molecular complexity index is 1290. The van der Waals surface area contributed by atoms with E-state index in [1.165, 1.54) is 11.1 Å². The van der Waals surface area contributed by atoms with Crippen LogP contribution in [0, 0.1) is 0 Å². The standard InChI is InChI=1S/C35H36N2O2/c38-35(30-17-12-20-33(27-30)39-32-18-8-3-9-19-32)36-31-22-25-37(26-23-31)24-11-10-21-34(28-13-4-1-5-14-28)29-15-6-2-7-16-29/h1-20,27,31,34H,21-26H2,(H,36,38)/b11-10-. The van der Waals surface area contributed by atoms with Crippen molar-refractivity contribution in [2.24, 2.45) is 0 Å². The number of carbonyl (C=O) groups excluding carboxylic acids is 1. The van der Waals surface area contributed by atoms with Gasteiger partial charge in [0.15, 0.2) is 0 Å². The lowest BCUT2D eigenvalue weighted by Crippen LogP contribution is -2.44. The fourth-order valence-electron chi connectivity index (χ4n) is 5.15. The summed E-state index contributed by atoms with van der Waals surface area (Å²) in [6.45, 7) is 2.90. The molecule has 1 N–H and O–H groups in total. The van der Waals surface area contributed by atoms with Gasteiger partial charge in [-0.2, -0.15) is 0 Å². The Kier molecular flexibility index (Phi) is 9.22. The summed E-state index contributed by atoms with van der Waals surface area (Å²) < 4.78 is 5.89. The predicted octanol–water partition coefficient (Wildman–Crippen LogP) is 7.45. The first-order chi connectivity index (χ1) is 19.2. The van der Waals surface area contributed by atoms with E-state index in [1.54, 1.807) is 6.07 Å². The normalized spacial score (nSPS) is 14.5. The van der Waals surface area contributed by atoms with Gasteiger partial charge in [0.25, 0.3) is 5.91 Å². The van der Waals surface area contributed by atoms with Crippen molar-refractivity contribution in [1.82, 2.24) is 10.2 Å². The van der Waals surface area contributed by atoms with Gasteiger partial charge in [-0.1, -0.05) is 97.1 Å². The van der Waals surface area contributed by atoms with Gasteiger partial charge in [0.05, 0.1) is 0 Å². The van der Waals surface area contributed by atoms with Gasteiger partial charge in [-0.15, -0.1) is 0 Å². The van der Waals surface area contributed by atoms with Crippen LogP contribution >= 0.6 is 0 Å². The van der Waals surface area contributed by atoms with E-state index in [1.807, 2.05) is 48.5 Å². The van der Waals surface area contributed by atoms with Crippen LogP contribution in [-0.4, -0.2) is 36.5 Å². The zero-order chi connectivity index (χ0) is 26.7. The third-order valence-corrected chi connectivity index (χ3v) is 7.30. The third kappa shape index (κ3) is 7.68. The molecule has 0 aromatic heterocycles. The lowest BCUT2D eigenvalue weighted by molar-refractivity contribution is 0.0913. The minimum atomic E-state index is -0.0419. The molecular weight excluding hydrogens is 480 g/mol. The van der Waals surface area contributed by atoms with E-state index in [0.717, 1.165) is 44.6 Å². The Balaban J connectivity index is 1.08. The Morgan fingerprint density at radius 1 is 0.769 bits per heavy atom. The Morgan fingerprint density at radius 2 is 1.36 bits per heavy atom. The first-order valence-electron chi connectivity index (χ1n) is 13.9. The van der Waals surface area contributed by atoms with E-state index < -0.39 is 0 Å². The van der Waals surface area contributed by atoms with Crippen LogP contribution < -0.4 is 10.1 Å². The number of allylic oxidation sites excluding steroid dienone is 1. The number of benzene rings is 4. The molecule has 0 spiro atoms. The van der Waals surface area contributed by atoms with Crippen molar-refractivity contribution >= 4 is 5.91 Å². The van der Waals surface area contributed by atoms with E-state index in [-0.39, 0.29) is 11.9 Å². The van der Waals surface area contributed by atoms with Gasteiger partial charge in [0, 0.05) is 37.2 Å². The van der Waals surface area contributed by atoms with E-state index in [0.29, 0.717) is 17.2 Å². The summed E-state index contributed by atoms with van der Waals surface area (Å²) in [4.78, 5) is 15.4. The highest BCUT2D eigenvalue weighted by molar-refractivity contribution is 5.94. The largest absolute Gasteiger partial charge is 0.457 e. The summed E-state index contributed by atoms with van der Waals surface area (Å²) in [5.74, 6) is 1.74. The molecule has 198 valence electrons. The van der Waals surface area contributed by atoms with Crippen LogP contribution in [0.25, 0.3) is 0 Å². The number of nitrogens with zero attached hydrogens (tertiary/aromatic N) is 1. The summed E-state index contributed by atoms with van der Waals surface area (Å²) in [6, 6.07) is 38.7. The molecule has 4 heteroatoms. The molecule has 0 aliphatic carbocycles. The maximum atomic E-state index is 12.9. The first kappa shape index (κ1) is 26.5. The van der Waals surface area contributed by atoms with E-state index in [2.05, 4.69) is 83.0 Å². The van der Waals surface area contributed by atoms with Crippen molar-refractivity contribution in [2.75, 3.05) is 19.6 Å². The van der Waals surface area contributed by atoms with Gasteiger partial charge in [0.1, 0.15) is 11.5 Å². The Hall–Kier alpha value is -4.15. The van der Waals surface area contributed by atoms with Gasteiger partial charge in [-0.05, 0) is 60.7 Å². The fourth-order valence-corrected chi connectivity index (χ4v) is 5.15. The summed E-state index contributed by atoms with van der Waals surface area (Å²) in [7, 11) is 0. The van der Waals surface area contributed by atoms with Crippen molar-refractivity contribution in [3.8, 4) is 11.5 Å². The summed E-state index contributed by atoms with van der Waals surface area (Å²) in [5.41, 5.74) is 3.32. The number of rotatable bonds is 10. The minimum absolute atomic E-state index is 0.0419.